The lowest BCUT2D eigenvalue weighted by atomic mass is 10.1. The quantitative estimate of drug-likeness (QED) is 0.421. The van der Waals surface area contributed by atoms with E-state index < -0.39 is 11.7 Å². The van der Waals surface area contributed by atoms with Gasteiger partial charge in [-0.3, -0.25) is 4.79 Å². The molecule has 1 aliphatic rings. The van der Waals surface area contributed by atoms with Crippen LogP contribution in [0, 0.1) is 6.92 Å². The van der Waals surface area contributed by atoms with Crippen molar-refractivity contribution in [2.24, 2.45) is 0 Å². The van der Waals surface area contributed by atoms with Crippen LogP contribution in [0.1, 0.15) is 32.3 Å². The van der Waals surface area contributed by atoms with Gasteiger partial charge in [-0.1, -0.05) is 0 Å². The first-order valence-electron chi connectivity index (χ1n) is 11.9. The van der Waals surface area contributed by atoms with Crippen LogP contribution in [0.3, 0.4) is 0 Å². The first kappa shape index (κ1) is 25.5. The number of nitrogens with zero attached hydrogens (tertiary/aromatic N) is 2. The van der Waals surface area contributed by atoms with Gasteiger partial charge >= 0.3 is 6.09 Å². The Balaban J connectivity index is 1.24. The number of nitrogens with two attached hydrogens (primary N) is 1. The number of carbonyl (C=O) groups is 2. The van der Waals surface area contributed by atoms with Gasteiger partial charge in [0.1, 0.15) is 17.7 Å². The Morgan fingerprint density at radius 3 is 2.58 bits per heavy atom. The minimum Gasteiger partial charge on any atom is -0.441 e. The number of benzene rings is 2. The molecule has 2 heterocycles. The molecule has 2 aromatic carbocycles. The van der Waals surface area contributed by atoms with Crippen molar-refractivity contribution >= 4 is 34.5 Å². The molecule has 0 unspecified atom stereocenters. The lowest BCUT2D eigenvalue weighted by Gasteiger charge is -2.33. The number of hydrogen-bond donors (Lipinski definition) is 3. The number of ether oxygens (including phenoxy) is 2. The predicted octanol–water partition coefficient (Wildman–Crippen LogP) is 3.71. The first-order valence-corrected chi connectivity index (χ1v) is 11.9. The molecule has 3 aromatic rings. The van der Waals surface area contributed by atoms with Crippen molar-refractivity contribution < 1.29 is 28.6 Å². The molecule has 0 saturated carbocycles. The van der Waals surface area contributed by atoms with Gasteiger partial charge in [0, 0.05) is 30.0 Å². The number of aromatic nitrogens is 1. The lowest BCUT2D eigenvalue weighted by Crippen LogP contribution is -2.45. The van der Waals surface area contributed by atoms with Crippen LogP contribution in [0.15, 0.2) is 40.8 Å². The minimum atomic E-state index is -0.920. The van der Waals surface area contributed by atoms with Gasteiger partial charge in [0.05, 0.1) is 12.7 Å². The summed E-state index contributed by atoms with van der Waals surface area (Å²) in [4.78, 5) is 30.7. The van der Waals surface area contributed by atoms with Crippen LogP contribution in [0.5, 0.6) is 0 Å². The molecule has 0 atom stereocenters. The van der Waals surface area contributed by atoms with Gasteiger partial charge in [-0.15, -0.1) is 0 Å². The lowest BCUT2D eigenvalue weighted by molar-refractivity contribution is -0.123. The van der Waals surface area contributed by atoms with E-state index in [1.165, 1.54) is 0 Å². The van der Waals surface area contributed by atoms with E-state index in [2.05, 4.69) is 10.3 Å². The molecule has 10 nitrogen and oxygen atoms in total. The number of amides is 2. The number of oxazole rings is 1. The fourth-order valence-electron chi connectivity index (χ4n) is 3.98. The molecular weight excluding hydrogens is 464 g/mol. The van der Waals surface area contributed by atoms with E-state index in [4.69, 9.17) is 19.6 Å². The highest BCUT2D eigenvalue weighted by Crippen LogP contribution is 2.29. The first-order chi connectivity index (χ1) is 17.1. The predicted molar refractivity (Wildman–Crippen MR) is 135 cm³/mol. The largest absolute Gasteiger partial charge is 0.441 e. The van der Waals surface area contributed by atoms with Gasteiger partial charge < -0.3 is 34.9 Å². The number of anilines is 2. The van der Waals surface area contributed by atoms with Crippen molar-refractivity contribution in [2.45, 2.75) is 45.3 Å². The van der Waals surface area contributed by atoms with Gasteiger partial charge in [-0.25, -0.2) is 9.78 Å². The molecule has 10 heteroatoms. The average molecular weight is 497 g/mol. The Hall–Kier alpha value is -3.63. The van der Waals surface area contributed by atoms with Crippen LogP contribution >= 0.6 is 0 Å². The molecule has 1 aromatic heterocycles. The summed E-state index contributed by atoms with van der Waals surface area (Å²) in [7, 11) is 0. The number of carbonyl (C=O) groups excluding carboxylic acids is 2. The Bertz CT molecular complexity index is 1230. The molecule has 1 aliphatic heterocycles. The Morgan fingerprint density at radius 1 is 1.22 bits per heavy atom. The maximum atomic E-state index is 12.4. The van der Waals surface area contributed by atoms with Crippen LogP contribution in [0.2, 0.25) is 0 Å². The Kier molecular flexibility index (Phi) is 7.46. The molecule has 4 rings (SSSR count). The second-order valence-corrected chi connectivity index (χ2v) is 9.61. The van der Waals surface area contributed by atoms with Gasteiger partial charge in [0.15, 0.2) is 5.58 Å². The third kappa shape index (κ3) is 6.13. The number of hydrogen-bond acceptors (Lipinski definition) is 8. The van der Waals surface area contributed by atoms with Crippen molar-refractivity contribution in [2.75, 3.05) is 37.4 Å². The van der Waals surface area contributed by atoms with Gasteiger partial charge in [-0.05, 0) is 75.6 Å². The zero-order chi connectivity index (χ0) is 25.9. The zero-order valence-electron chi connectivity index (χ0n) is 20.7. The molecule has 0 aliphatic carbocycles. The summed E-state index contributed by atoms with van der Waals surface area (Å²) < 4.78 is 17.0. The highest BCUT2D eigenvalue weighted by atomic mass is 16.6. The molecule has 0 bridgehead atoms. The normalized spacial score (nSPS) is 14.7. The van der Waals surface area contributed by atoms with E-state index in [9.17, 15) is 14.7 Å². The number of rotatable bonds is 7. The molecule has 36 heavy (non-hydrogen) atoms. The van der Waals surface area contributed by atoms with E-state index in [-0.39, 0.29) is 25.2 Å². The summed E-state index contributed by atoms with van der Waals surface area (Å²) in [5.41, 5.74) is 9.35. The van der Waals surface area contributed by atoms with Crippen LogP contribution < -0.4 is 11.1 Å². The van der Waals surface area contributed by atoms with Crippen LogP contribution in [0.25, 0.3) is 22.6 Å². The van der Waals surface area contributed by atoms with Crippen molar-refractivity contribution in [1.82, 2.24) is 9.88 Å². The molecule has 2 amide bonds. The number of fused-ring (bicyclic) bond motifs is 1. The molecule has 1 saturated heterocycles. The summed E-state index contributed by atoms with van der Waals surface area (Å²) in [6.07, 6.45) is 0.633. The third-order valence-electron chi connectivity index (χ3n) is 6.01. The molecular formula is C26H32N4O6. The second-order valence-electron chi connectivity index (χ2n) is 9.61. The number of likely N-dealkylation sites (tertiary alicyclic amines) is 1. The zero-order valence-corrected chi connectivity index (χ0v) is 20.7. The van der Waals surface area contributed by atoms with E-state index in [1.807, 2.05) is 25.1 Å². The van der Waals surface area contributed by atoms with Crippen LogP contribution in [-0.4, -0.2) is 65.0 Å². The van der Waals surface area contributed by atoms with Gasteiger partial charge in [0.2, 0.25) is 11.8 Å². The van der Waals surface area contributed by atoms with Crippen LogP contribution in [-0.2, 0) is 14.3 Å². The summed E-state index contributed by atoms with van der Waals surface area (Å²) >= 11 is 0. The highest BCUT2D eigenvalue weighted by molar-refractivity contribution is 5.92. The minimum absolute atomic E-state index is 0.0831. The Labute approximate surface area is 209 Å². The fraction of sp³-hybridized carbons (Fsp3) is 0.423. The van der Waals surface area contributed by atoms with E-state index >= 15 is 0 Å². The van der Waals surface area contributed by atoms with Gasteiger partial charge in [-0.2, -0.15) is 0 Å². The van der Waals surface area contributed by atoms with E-state index in [0.29, 0.717) is 54.3 Å². The summed E-state index contributed by atoms with van der Waals surface area (Å²) in [5.74, 6) is 0.220. The standard InChI is InChI=1S/C26H32N4O6/c1-16-12-18(27)13-21-23(16)35-24(29-21)17-4-6-19(7-5-17)28-22(32)14-34-20-8-10-30(11-9-20)25(33)36-26(2,3)15-31/h4-7,12-13,20,31H,8-11,14-15,27H2,1-3H3,(H,28,32). The molecule has 4 N–H and O–H groups in total. The highest BCUT2D eigenvalue weighted by Gasteiger charge is 2.29. The number of aliphatic hydroxyl groups excluding tert-OH is 1. The van der Waals surface area contributed by atoms with E-state index in [1.54, 1.807) is 36.9 Å². The van der Waals surface area contributed by atoms with Crippen molar-refractivity contribution in [3.05, 3.63) is 42.0 Å². The van der Waals surface area contributed by atoms with Crippen molar-refractivity contribution in [3.63, 3.8) is 0 Å². The Morgan fingerprint density at radius 2 is 1.92 bits per heavy atom. The van der Waals surface area contributed by atoms with E-state index in [0.717, 1.165) is 11.1 Å². The van der Waals surface area contributed by atoms with Gasteiger partial charge in [0.25, 0.3) is 0 Å². The smallest absolute Gasteiger partial charge is 0.410 e. The number of nitrogen functional groups attached to an aromatic ring is 1. The summed E-state index contributed by atoms with van der Waals surface area (Å²) in [6.45, 7) is 5.83. The molecule has 192 valence electrons. The van der Waals surface area contributed by atoms with Crippen LogP contribution in [0.4, 0.5) is 16.2 Å². The molecule has 0 spiro atoms. The number of aryl methyl sites for hydroxylation is 1. The topological polar surface area (TPSA) is 140 Å². The summed E-state index contributed by atoms with van der Waals surface area (Å²) in [5, 5.41) is 12.1. The fourth-order valence-corrected chi connectivity index (χ4v) is 3.98. The second kappa shape index (κ2) is 10.5. The SMILES string of the molecule is Cc1cc(N)cc2nc(-c3ccc(NC(=O)COC4CCN(C(=O)OC(C)(C)CO)CC4)cc3)oc12. The molecule has 0 radical (unpaired) electrons. The average Bonchev–Trinajstić information content (AvgIpc) is 3.28. The third-order valence-corrected chi connectivity index (χ3v) is 6.01. The maximum Gasteiger partial charge on any atom is 0.410 e. The number of nitrogens with one attached hydrogen (secondary N) is 1. The maximum absolute atomic E-state index is 12.4. The number of piperidine rings is 1. The summed E-state index contributed by atoms with van der Waals surface area (Å²) in [6, 6.07) is 10.8. The van der Waals surface area contributed by atoms with Crippen molar-refractivity contribution in [1.29, 1.82) is 0 Å². The molecule has 1 fully saturated rings. The monoisotopic (exact) mass is 496 g/mol. The number of aliphatic hydroxyl groups is 1. The van der Waals surface area contributed by atoms with Crippen molar-refractivity contribution in [3.8, 4) is 11.5 Å².